The number of anilines is 1. The maximum atomic E-state index is 13.5. The molecule has 2 N–H and O–H groups in total. The van der Waals surface area contributed by atoms with Gasteiger partial charge in [-0.05, 0) is 11.6 Å². The van der Waals surface area contributed by atoms with Crippen LogP contribution in [0.1, 0.15) is 16.8 Å². The minimum atomic E-state index is -0.325. The summed E-state index contributed by atoms with van der Waals surface area (Å²) in [6.45, 7) is 0. The first-order valence-electron chi connectivity index (χ1n) is 4.95. The van der Waals surface area contributed by atoms with Crippen LogP contribution in [0, 0.1) is 17.1 Å². The molecular formula is C12H9FN4. The van der Waals surface area contributed by atoms with E-state index in [0.717, 1.165) is 0 Å². The summed E-state index contributed by atoms with van der Waals surface area (Å²) in [6, 6.07) is 8.31. The molecule has 0 fully saturated rings. The first kappa shape index (κ1) is 11.0. The first-order chi connectivity index (χ1) is 8.20. The molecule has 0 spiro atoms. The zero-order valence-electron chi connectivity index (χ0n) is 8.89. The Morgan fingerprint density at radius 2 is 2.12 bits per heavy atom. The molecular weight excluding hydrogens is 219 g/mol. The lowest BCUT2D eigenvalue weighted by atomic mass is 10.1. The quantitative estimate of drug-likeness (QED) is 0.848. The Balaban J connectivity index is 2.40. The molecule has 0 amide bonds. The average Bonchev–Trinajstić information content (AvgIpc) is 2.32. The van der Waals surface area contributed by atoms with E-state index in [1.807, 2.05) is 6.07 Å². The third-order valence-electron chi connectivity index (χ3n) is 2.32. The van der Waals surface area contributed by atoms with Crippen molar-refractivity contribution < 1.29 is 4.39 Å². The first-order valence-corrected chi connectivity index (χ1v) is 4.95. The van der Waals surface area contributed by atoms with Crippen LogP contribution in [-0.4, -0.2) is 9.97 Å². The Labute approximate surface area is 97.6 Å². The number of nitrogens with two attached hydrogens (primary N) is 1. The Hall–Kier alpha value is -2.48. The van der Waals surface area contributed by atoms with Crippen LogP contribution in [0.25, 0.3) is 0 Å². The van der Waals surface area contributed by atoms with Crippen molar-refractivity contribution in [2.45, 2.75) is 6.42 Å². The van der Waals surface area contributed by atoms with Gasteiger partial charge in [0.25, 0.3) is 0 Å². The fraction of sp³-hybridized carbons (Fsp3) is 0.0833. The molecule has 4 nitrogen and oxygen atoms in total. The van der Waals surface area contributed by atoms with E-state index in [4.69, 9.17) is 11.0 Å². The van der Waals surface area contributed by atoms with Crippen molar-refractivity contribution in [1.82, 2.24) is 9.97 Å². The standard InChI is InChI=1S/C12H9FN4/c13-10-4-2-1-3-8(10)5-11-9(6-14)7-16-12(15)17-11/h1-4,7H,5H2,(H2,15,16,17). The lowest BCUT2D eigenvalue weighted by Gasteiger charge is -2.04. The number of aromatic nitrogens is 2. The maximum absolute atomic E-state index is 13.5. The third kappa shape index (κ3) is 2.37. The van der Waals surface area contributed by atoms with E-state index >= 15 is 0 Å². The van der Waals surface area contributed by atoms with E-state index < -0.39 is 0 Å². The molecule has 0 atom stereocenters. The van der Waals surface area contributed by atoms with Crippen molar-refractivity contribution in [2.75, 3.05) is 5.73 Å². The highest BCUT2D eigenvalue weighted by Crippen LogP contribution is 2.14. The van der Waals surface area contributed by atoms with Gasteiger partial charge in [-0.25, -0.2) is 14.4 Å². The SMILES string of the molecule is N#Cc1cnc(N)nc1Cc1ccccc1F. The molecule has 0 unspecified atom stereocenters. The van der Waals surface area contributed by atoms with Crippen LogP contribution in [0.15, 0.2) is 30.5 Å². The molecule has 1 heterocycles. The predicted octanol–water partition coefficient (Wildman–Crippen LogP) is 1.66. The van der Waals surface area contributed by atoms with Gasteiger partial charge >= 0.3 is 0 Å². The summed E-state index contributed by atoms with van der Waals surface area (Å²) in [5.41, 5.74) is 6.67. The van der Waals surface area contributed by atoms with E-state index in [-0.39, 0.29) is 18.2 Å². The normalized spacial score (nSPS) is 9.88. The number of halogens is 1. The highest BCUT2D eigenvalue weighted by atomic mass is 19.1. The molecule has 2 rings (SSSR count). The van der Waals surface area contributed by atoms with E-state index in [9.17, 15) is 4.39 Å². The monoisotopic (exact) mass is 228 g/mol. The van der Waals surface area contributed by atoms with Gasteiger partial charge in [0.2, 0.25) is 5.95 Å². The van der Waals surface area contributed by atoms with Crippen LogP contribution in [-0.2, 0) is 6.42 Å². The Morgan fingerprint density at radius 1 is 1.35 bits per heavy atom. The summed E-state index contributed by atoms with van der Waals surface area (Å²) in [6.07, 6.45) is 1.57. The summed E-state index contributed by atoms with van der Waals surface area (Å²) in [5.74, 6) is -0.246. The zero-order chi connectivity index (χ0) is 12.3. The minimum Gasteiger partial charge on any atom is -0.368 e. The molecule has 84 valence electrons. The van der Waals surface area contributed by atoms with Crippen LogP contribution >= 0.6 is 0 Å². The topological polar surface area (TPSA) is 75.6 Å². The third-order valence-corrected chi connectivity index (χ3v) is 2.32. The second-order valence-electron chi connectivity index (χ2n) is 3.47. The van der Waals surface area contributed by atoms with Gasteiger partial charge in [-0.3, -0.25) is 0 Å². The van der Waals surface area contributed by atoms with Crippen molar-refractivity contribution in [1.29, 1.82) is 5.26 Å². The fourth-order valence-corrected chi connectivity index (χ4v) is 1.48. The average molecular weight is 228 g/mol. The van der Waals surface area contributed by atoms with Crippen molar-refractivity contribution in [3.8, 4) is 6.07 Å². The van der Waals surface area contributed by atoms with Crippen molar-refractivity contribution in [3.63, 3.8) is 0 Å². The Bertz CT molecular complexity index is 589. The zero-order valence-corrected chi connectivity index (χ0v) is 8.89. The summed E-state index contributed by atoms with van der Waals surface area (Å²) in [4.78, 5) is 7.68. The van der Waals surface area contributed by atoms with Crippen LogP contribution < -0.4 is 5.73 Å². The number of hydrogen-bond donors (Lipinski definition) is 1. The van der Waals surface area contributed by atoms with Crippen molar-refractivity contribution in [2.24, 2.45) is 0 Å². The summed E-state index contributed by atoms with van der Waals surface area (Å²) in [5, 5.41) is 8.89. The van der Waals surface area contributed by atoms with Gasteiger partial charge in [-0.15, -0.1) is 0 Å². The van der Waals surface area contributed by atoms with Gasteiger partial charge in [0.15, 0.2) is 0 Å². The maximum Gasteiger partial charge on any atom is 0.220 e. The van der Waals surface area contributed by atoms with Crippen LogP contribution in [0.5, 0.6) is 0 Å². The highest BCUT2D eigenvalue weighted by Gasteiger charge is 2.09. The van der Waals surface area contributed by atoms with Gasteiger partial charge < -0.3 is 5.73 Å². The van der Waals surface area contributed by atoms with Gasteiger partial charge in [0.1, 0.15) is 11.9 Å². The van der Waals surface area contributed by atoms with Crippen molar-refractivity contribution >= 4 is 5.95 Å². The van der Waals surface area contributed by atoms with Gasteiger partial charge in [-0.2, -0.15) is 5.26 Å². The number of nitrogens with zero attached hydrogens (tertiary/aromatic N) is 3. The molecule has 0 aliphatic rings. The molecule has 0 aliphatic heterocycles. The highest BCUT2D eigenvalue weighted by molar-refractivity contribution is 5.37. The van der Waals surface area contributed by atoms with Crippen LogP contribution in [0.3, 0.4) is 0 Å². The second-order valence-corrected chi connectivity index (χ2v) is 3.47. The summed E-state index contributed by atoms with van der Waals surface area (Å²) in [7, 11) is 0. The van der Waals surface area contributed by atoms with Crippen molar-refractivity contribution in [3.05, 3.63) is 53.1 Å². The van der Waals surface area contributed by atoms with E-state index in [1.54, 1.807) is 18.2 Å². The fourth-order valence-electron chi connectivity index (χ4n) is 1.48. The number of nitriles is 1. The molecule has 0 bridgehead atoms. The molecule has 1 aromatic heterocycles. The second kappa shape index (κ2) is 4.58. The van der Waals surface area contributed by atoms with Crippen LogP contribution in [0.4, 0.5) is 10.3 Å². The lowest BCUT2D eigenvalue weighted by molar-refractivity contribution is 0.613. The predicted molar refractivity (Wildman–Crippen MR) is 60.4 cm³/mol. The molecule has 17 heavy (non-hydrogen) atoms. The van der Waals surface area contributed by atoms with E-state index in [2.05, 4.69) is 9.97 Å². The molecule has 0 aliphatic carbocycles. The molecule has 1 aromatic carbocycles. The van der Waals surface area contributed by atoms with Crippen LogP contribution in [0.2, 0.25) is 0 Å². The smallest absolute Gasteiger partial charge is 0.220 e. The van der Waals surface area contributed by atoms with Gasteiger partial charge in [-0.1, -0.05) is 18.2 Å². The molecule has 0 radical (unpaired) electrons. The molecule has 5 heteroatoms. The van der Waals surface area contributed by atoms with Gasteiger partial charge in [0, 0.05) is 6.42 Å². The number of nitrogen functional groups attached to an aromatic ring is 1. The van der Waals surface area contributed by atoms with E-state index in [0.29, 0.717) is 16.8 Å². The van der Waals surface area contributed by atoms with E-state index in [1.165, 1.54) is 12.3 Å². The summed E-state index contributed by atoms with van der Waals surface area (Å²) < 4.78 is 13.5. The number of rotatable bonds is 2. The number of hydrogen-bond acceptors (Lipinski definition) is 4. The molecule has 0 saturated carbocycles. The van der Waals surface area contributed by atoms with Gasteiger partial charge in [0.05, 0.1) is 17.5 Å². The number of benzene rings is 1. The lowest BCUT2D eigenvalue weighted by Crippen LogP contribution is -2.03. The summed E-state index contributed by atoms with van der Waals surface area (Å²) >= 11 is 0. The molecule has 0 saturated heterocycles. The Kier molecular flexibility index (Phi) is 2.97. The molecule has 2 aromatic rings. The Morgan fingerprint density at radius 3 is 2.82 bits per heavy atom. The largest absolute Gasteiger partial charge is 0.368 e. The minimum absolute atomic E-state index is 0.0790.